The lowest BCUT2D eigenvalue weighted by atomic mass is 10.1. The van der Waals surface area contributed by atoms with Crippen LogP contribution in [0.25, 0.3) is 0 Å². The van der Waals surface area contributed by atoms with Crippen molar-refractivity contribution in [3.63, 3.8) is 0 Å². The highest BCUT2D eigenvalue weighted by molar-refractivity contribution is 6.31. The third-order valence-electron chi connectivity index (χ3n) is 3.06. The Morgan fingerprint density at radius 3 is 2.57 bits per heavy atom. The SMILES string of the molecule is Cc1ccc(Cl)cc1NC(=O)[C@H](C)OC(=O)CCC(C)C. The summed E-state index contributed by atoms with van der Waals surface area (Å²) in [5.74, 6) is -0.289. The highest BCUT2D eigenvalue weighted by Gasteiger charge is 2.18. The first-order chi connectivity index (χ1) is 9.79. The number of amides is 1. The topological polar surface area (TPSA) is 55.4 Å². The van der Waals surface area contributed by atoms with Gasteiger partial charge in [-0.15, -0.1) is 0 Å². The van der Waals surface area contributed by atoms with Crippen molar-refractivity contribution in [2.45, 2.75) is 46.6 Å². The van der Waals surface area contributed by atoms with Gasteiger partial charge in [-0.2, -0.15) is 0 Å². The number of rotatable bonds is 6. The number of aryl methyl sites for hydroxylation is 1. The fraction of sp³-hybridized carbons (Fsp3) is 0.500. The monoisotopic (exact) mass is 311 g/mol. The van der Waals surface area contributed by atoms with E-state index in [0.29, 0.717) is 23.0 Å². The molecule has 4 nitrogen and oxygen atoms in total. The zero-order chi connectivity index (χ0) is 16.0. The minimum atomic E-state index is -0.831. The molecule has 0 radical (unpaired) electrons. The lowest BCUT2D eigenvalue weighted by Crippen LogP contribution is -2.30. The third kappa shape index (κ3) is 6.17. The minimum absolute atomic E-state index is 0.325. The normalized spacial score (nSPS) is 12.1. The lowest BCUT2D eigenvalue weighted by molar-refractivity contribution is -0.153. The highest BCUT2D eigenvalue weighted by atomic mass is 35.5. The van der Waals surface area contributed by atoms with Gasteiger partial charge in [-0.25, -0.2) is 0 Å². The molecular formula is C16H22ClNO3. The van der Waals surface area contributed by atoms with E-state index in [1.807, 2.05) is 26.8 Å². The molecule has 0 heterocycles. The number of halogens is 1. The maximum atomic E-state index is 12.0. The van der Waals surface area contributed by atoms with Gasteiger partial charge in [0.2, 0.25) is 0 Å². The van der Waals surface area contributed by atoms with E-state index in [4.69, 9.17) is 16.3 Å². The fourth-order valence-electron chi connectivity index (χ4n) is 1.68. The van der Waals surface area contributed by atoms with Crippen molar-refractivity contribution in [2.75, 3.05) is 5.32 Å². The first-order valence-electron chi connectivity index (χ1n) is 7.06. The second-order valence-corrected chi connectivity index (χ2v) is 5.95. The van der Waals surface area contributed by atoms with Crippen molar-refractivity contribution in [2.24, 2.45) is 5.92 Å². The molecule has 0 aliphatic rings. The summed E-state index contributed by atoms with van der Waals surface area (Å²) in [4.78, 5) is 23.6. The molecule has 0 unspecified atom stereocenters. The van der Waals surface area contributed by atoms with E-state index < -0.39 is 6.10 Å². The minimum Gasteiger partial charge on any atom is -0.453 e. The van der Waals surface area contributed by atoms with Gasteiger partial charge in [-0.05, 0) is 43.9 Å². The molecule has 116 valence electrons. The van der Waals surface area contributed by atoms with Gasteiger partial charge in [0.15, 0.2) is 6.10 Å². The van der Waals surface area contributed by atoms with E-state index in [9.17, 15) is 9.59 Å². The average Bonchev–Trinajstić information content (AvgIpc) is 2.40. The second kappa shape index (κ2) is 8.03. The van der Waals surface area contributed by atoms with Crippen LogP contribution in [0.3, 0.4) is 0 Å². The molecular weight excluding hydrogens is 290 g/mol. The predicted octanol–water partition coefficient (Wildman–Crippen LogP) is 3.95. The summed E-state index contributed by atoms with van der Waals surface area (Å²) in [5.41, 5.74) is 1.52. The Hall–Kier alpha value is -1.55. The van der Waals surface area contributed by atoms with Crippen molar-refractivity contribution < 1.29 is 14.3 Å². The number of anilines is 1. The number of nitrogens with one attached hydrogen (secondary N) is 1. The molecule has 0 aromatic heterocycles. The Bertz CT molecular complexity index is 514. The van der Waals surface area contributed by atoms with Crippen LogP contribution in [0.2, 0.25) is 5.02 Å². The number of ether oxygens (including phenoxy) is 1. The van der Waals surface area contributed by atoms with Crippen molar-refractivity contribution >= 4 is 29.2 Å². The van der Waals surface area contributed by atoms with E-state index in [0.717, 1.165) is 12.0 Å². The van der Waals surface area contributed by atoms with Gasteiger partial charge in [0.1, 0.15) is 0 Å². The van der Waals surface area contributed by atoms with Crippen molar-refractivity contribution in [3.8, 4) is 0 Å². The molecule has 5 heteroatoms. The molecule has 0 saturated carbocycles. The average molecular weight is 312 g/mol. The molecule has 1 amide bonds. The zero-order valence-corrected chi connectivity index (χ0v) is 13.7. The quantitative estimate of drug-likeness (QED) is 0.809. The standard InChI is InChI=1S/C16H22ClNO3/c1-10(2)5-8-15(19)21-12(4)16(20)18-14-9-13(17)7-6-11(14)3/h6-7,9-10,12H,5,8H2,1-4H3,(H,18,20)/t12-/m0/s1. The zero-order valence-electron chi connectivity index (χ0n) is 12.9. The molecule has 1 N–H and O–H groups in total. The van der Waals surface area contributed by atoms with E-state index in [1.165, 1.54) is 0 Å². The van der Waals surface area contributed by atoms with Crippen LogP contribution in [0.1, 0.15) is 39.2 Å². The van der Waals surface area contributed by atoms with Gasteiger partial charge >= 0.3 is 5.97 Å². The Labute approximate surface area is 130 Å². The van der Waals surface area contributed by atoms with Crippen LogP contribution in [-0.4, -0.2) is 18.0 Å². The molecule has 1 aromatic carbocycles. The van der Waals surface area contributed by atoms with Crippen LogP contribution < -0.4 is 5.32 Å². The summed E-state index contributed by atoms with van der Waals surface area (Å²) in [6, 6.07) is 5.24. The van der Waals surface area contributed by atoms with Crippen LogP contribution in [0.15, 0.2) is 18.2 Å². The molecule has 0 fully saturated rings. The molecule has 0 bridgehead atoms. The molecule has 0 saturated heterocycles. The summed E-state index contributed by atoms with van der Waals surface area (Å²) in [6.07, 6.45) is 0.245. The third-order valence-corrected chi connectivity index (χ3v) is 3.30. The van der Waals surface area contributed by atoms with Crippen LogP contribution >= 0.6 is 11.6 Å². The predicted molar refractivity (Wildman–Crippen MR) is 84.4 cm³/mol. The largest absolute Gasteiger partial charge is 0.453 e. The van der Waals surface area contributed by atoms with Gasteiger partial charge in [0.05, 0.1) is 0 Å². The summed E-state index contributed by atoms with van der Waals surface area (Å²) in [7, 11) is 0. The summed E-state index contributed by atoms with van der Waals surface area (Å²) >= 11 is 5.90. The lowest BCUT2D eigenvalue weighted by Gasteiger charge is -2.15. The number of carbonyl (C=O) groups excluding carboxylic acids is 2. The summed E-state index contributed by atoms with van der Waals surface area (Å²) in [5, 5.41) is 3.26. The molecule has 21 heavy (non-hydrogen) atoms. The highest BCUT2D eigenvalue weighted by Crippen LogP contribution is 2.20. The van der Waals surface area contributed by atoms with Crippen molar-refractivity contribution in [1.29, 1.82) is 0 Å². The van der Waals surface area contributed by atoms with Crippen LogP contribution in [0.5, 0.6) is 0 Å². The number of hydrogen-bond donors (Lipinski definition) is 1. The Kier molecular flexibility index (Phi) is 6.69. The Balaban J connectivity index is 2.54. The summed E-state index contributed by atoms with van der Waals surface area (Å²) in [6.45, 7) is 7.49. The number of hydrogen-bond acceptors (Lipinski definition) is 3. The van der Waals surface area contributed by atoms with E-state index >= 15 is 0 Å². The first kappa shape index (κ1) is 17.5. The van der Waals surface area contributed by atoms with E-state index in [-0.39, 0.29) is 11.9 Å². The summed E-state index contributed by atoms with van der Waals surface area (Å²) < 4.78 is 5.12. The number of carbonyl (C=O) groups is 2. The number of esters is 1. The van der Waals surface area contributed by atoms with Gasteiger partial charge in [-0.1, -0.05) is 31.5 Å². The van der Waals surface area contributed by atoms with Gasteiger partial charge in [0, 0.05) is 17.1 Å². The van der Waals surface area contributed by atoms with Crippen LogP contribution in [-0.2, 0) is 14.3 Å². The van der Waals surface area contributed by atoms with Crippen molar-refractivity contribution in [3.05, 3.63) is 28.8 Å². The molecule has 0 aliphatic carbocycles. The maximum absolute atomic E-state index is 12.0. The van der Waals surface area contributed by atoms with E-state index in [2.05, 4.69) is 5.32 Å². The maximum Gasteiger partial charge on any atom is 0.306 e. The molecule has 1 aromatic rings. The Morgan fingerprint density at radius 1 is 1.29 bits per heavy atom. The van der Waals surface area contributed by atoms with Crippen LogP contribution in [0.4, 0.5) is 5.69 Å². The first-order valence-corrected chi connectivity index (χ1v) is 7.44. The molecule has 1 atom stereocenters. The van der Waals surface area contributed by atoms with Crippen LogP contribution in [0, 0.1) is 12.8 Å². The van der Waals surface area contributed by atoms with Crippen molar-refractivity contribution in [1.82, 2.24) is 0 Å². The number of benzene rings is 1. The fourth-order valence-corrected chi connectivity index (χ4v) is 1.85. The van der Waals surface area contributed by atoms with Gasteiger partial charge in [-0.3, -0.25) is 9.59 Å². The van der Waals surface area contributed by atoms with Gasteiger partial charge < -0.3 is 10.1 Å². The molecule has 1 rings (SSSR count). The smallest absolute Gasteiger partial charge is 0.306 e. The molecule has 0 spiro atoms. The molecule has 0 aliphatic heterocycles. The second-order valence-electron chi connectivity index (χ2n) is 5.51. The van der Waals surface area contributed by atoms with E-state index in [1.54, 1.807) is 19.1 Å². The van der Waals surface area contributed by atoms with Gasteiger partial charge in [0.25, 0.3) is 5.91 Å². The Morgan fingerprint density at radius 2 is 1.95 bits per heavy atom.